The zero-order valence-corrected chi connectivity index (χ0v) is 14.4. The first-order chi connectivity index (χ1) is 10.1. The molecule has 2 bridgehead atoms. The van der Waals surface area contributed by atoms with E-state index in [1.807, 2.05) is 18.2 Å². The van der Waals surface area contributed by atoms with Gasteiger partial charge in [0, 0.05) is 22.7 Å². The maximum atomic E-state index is 6.00. The molecule has 5 rings (SSSR count). The van der Waals surface area contributed by atoms with Crippen LogP contribution in [0.5, 0.6) is 0 Å². The Bertz CT molecular complexity index is 677. The van der Waals surface area contributed by atoms with Gasteiger partial charge in [-0.05, 0) is 57.8 Å². The molecule has 22 heavy (non-hydrogen) atoms. The summed E-state index contributed by atoms with van der Waals surface area (Å²) in [5, 5.41) is 9.55. The second-order valence-corrected chi connectivity index (χ2v) is 7.21. The maximum absolute atomic E-state index is 6.00. The van der Waals surface area contributed by atoms with Gasteiger partial charge in [-0.25, -0.2) is 0 Å². The Morgan fingerprint density at radius 2 is 2.05 bits per heavy atom. The van der Waals surface area contributed by atoms with Gasteiger partial charge in [0.1, 0.15) is 0 Å². The summed E-state index contributed by atoms with van der Waals surface area (Å²) < 4.78 is 5.41. The van der Waals surface area contributed by atoms with Crippen molar-refractivity contribution in [2.75, 3.05) is 18.4 Å². The molecule has 0 radical (unpaired) electrons. The van der Waals surface area contributed by atoms with Crippen LogP contribution in [-0.4, -0.2) is 34.7 Å². The van der Waals surface area contributed by atoms with Crippen LogP contribution in [0.3, 0.4) is 0 Å². The largest absolute Gasteiger partial charge is 0.362 e. The number of anilines is 1. The molecule has 0 saturated carbocycles. The van der Waals surface area contributed by atoms with Crippen LogP contribution in [0.1, 0.15) is 26.7 Å². The molecule has 0 aliphatic carbocycles. The Kier molecular flexibility index (Phi) is 4.04. The lowest BCUT2D eigenvalue weighted by atomic mass is 9.72. The topological polar surface area (TPSA) is 41.3 Å². The van der Waals surface area contributed by atoms with Gasteiger partial charge >= 0.3 is 0 Å². The van der Waals surface area contributed by atoms with Gasteiger partial charge in [-0.2, -0.15) is 0 Å². The van der Waals surface area contributed by atoms with Gasteiger partial charge in [0.05, 0.1) is 5.39 Å². The van der Waals surface area contributed by atoms with Crippen molar-refractivity contribution in [1.29, 1.82) is 0 Å². The zero-order chi connectivity index (χ0) is 14.6. The number of fused-ring (bicyclic) bond motifs is 4. The molecule has 0 amide bonds. The molecule has 1 atom stereocenters. The van der Waals surface area contributed by atoms with Gasteiger partial charge in [-0.15, -0.1) is 12.4 Å². The van der Waals surface area contributed by atoms with Gasteiger partial charge < -0.3 is 9.84 Å². The summed E-state index contributed by atoms with van der Waals surface area (Å²) in [4.78, 5) is 2.59. The van der Waals surface area contributed by atoms with E-state index in [2.05, 4.69) is 29.2 Å². The highest BCUT2D eigenvalue weighted by molar-refractivity contribution is 6.31. The van der Waals surface area contributed by atoms with Gasteiger partial charge in [0.15, 0.2) is 11.4 Å². The molecule has 3 saturated heterocycles. The van der Waals surface area contributed by atoms with Gasteiger partial charge in [-0.1, -0.05) is 16.8 Å². The van der Waals surface area contributed by atoms with Crippen molar-refractivity contribution in [3.63, 3.8) is 0 Å². The summed E-state index contributed by atoms with van der Waals surface area (Å²) in [5.74, 6) is 1.55. The summed E-state index contributed by atoms with van der Waals surface area (Å²) in [7, 11) is 0. The maximum Gasteiger partial charge on any atom is 0.177 e. The molecule has 1 aromatic carbocycles. The Morgan fingerprint density at radius 3 is 2.73 bits per heavy atom. The number of benzene rings is 1. The van der Waals surface area contributed by atoms with E-state index < -0.39 is 0 Å². The average molecular weight is 342 g/mol. The zero-order valence-electron chi connectivity index (χ0n) is 12.8. The third kappa shape index (κ3) is 2.38. The number of nitrogens with one attached hydrogen (secondary N) is 1. The molecule has 1 aromatic heterocycles. The van der Waals surface area contributed by atoms with E-state index in [9.17, 15) is 0 Å². The standard InChI is InChI=1S/C16H20ClN3O.ClH/c1-16(2)14(10-5-7-20(16)8-6-10)18-15-12-4-3-11(17)9-13(12)21-19-15;/h3-4,9-10,14H,5-8H2,1-2H3,(H,18,19);1H. The Morgan fingerprint density at radius 1 is 1.32 bits per heavy atom. The number of piperidine rings is 3. The number of hydrogen-bond acceptors (Lipinski definition) is 4. The lowest BCUT2D eigenvalue weighted by Crippen LogP contribution is -2.66. The predicted molar refractivity (Wildman–Crippen MR) is 92.1 cm³/mol. The molecule has 1 unspecified atom stereocenters. The van der Waals surface area contributed by atoms with E-state index in [1.54, 1.807) is 0 Å². The van der Waals surface area contributed by atoms with E-state index in [0.717, 1.165) is 16.8 Å². The highest BCUT2D eigenvalue weighted by atomic mass is 35.5. The molecule has 0 spiro atoms. The third-order valence-corrected chi connectivity index (χ3v) is 5.55. The summed E-state index contributed by atoms with van der Waals surface area (Å²) in [6, 6.07) is 6.08. The molecule has 6 heteroatoms. The van der Waals surface area contributed by atoms with E-state index >= 15 is 0 Å². The van der Waals surface area contributed by atoms with Crippen LogP contribution in [0.4, 0.5) is 5.82 Å². The van der Waals surface area contributed by atoms with Crippen molar-refractivity contribution in [1.82, 2.24) is 10.1 Å². The lowest BCUT2D eigenvalue weighted by molar-refractivity contribution is -0.0189. The Hall–Kier alpha value is -0.970. The van der Waals surface area contributed by atoms with Crippen molar-refractivity contribution in [3.8, 4) is 0 Å². The fourth-order valence-electron chi connectivity index (χ4n) is 4.04. The number of halogens is 2. The number of hydrogen-bond donors (Lipinski definition) is 1. The highest BCUT2D eigenvalue weighted by Crippen LogP contribution is 2.41. The minimum atomic E-state index is 0. The van der Waals surface area contributed by atoms with Crippen molar-refractivity contribution >= 4 is 40.8 Å². The molecular weight excluding hydrogens is 321 g/mol. The first-order valence-electron chi connectivity index (χ1n) is 7.62. The number of rotatable bonds is 2. The lowest BCUT2D eigenvalue weighted by Gasteiger charge is -2.56. The normalized spacial score (nSPS) is 29.3. The highest BCUT2D eigenvalue weighted by Gasteiger charge is 2.47. The molecule has 2 aromatic rings. The fourth-order valence-corrected chi connectivity index (χ4v) is 4.20. The SMILES string of the molecule is CC1(C)C(Nc2noc3cc(Cl)ccc23)C2CCN1CC2.Cl. The first kappa shape index (κ1) is 15.9. The molecule has 120 valence electrons. The smallest absolute Gasteiger partial charge is 0.177 e. The molecule has 3 aliphatic heterocycles. The third-order valence-electron chi connectivity index (χ3n) is 5.31. The molecular formula is C16H21Cl2N3O. The molecule has 4 nitrogen and oxygen atoms in total. The second kappa shape index (κ2) is 5.59. The van der Waals surface area contributed by atoms with Crippen molar-refractivity contribution in [2.24, 2.45) is 5.92 Å². The fraction of sp³-hybridized carbons (Fsp3) is 0.562. The molecule has 3 fully saturated rings. The van der Waals surface area contributed by atoms with E-state index in [-0.39, 0.29) is 17.9 Å². The summed E-state index contributed by atoms with van der Waals surface area (Å²) in [6.07, 6.45) is 2.53. The van der Waals surface area contributed by atoms with Gasteiger partial charge in [-0.3, -0.25) is 4.90 Å². The Labute approximate surface area is 141 Å². The summed E-state index contributed by atoms with van der Waals surface area (Å²) >= 11 is 6.00. The molecule has 1 N–H and O–H groups in total. The van der Waals surface area contributed by atoms with Crippen LogP contribution in [0.2, 0.25) is 5.02 Å². The van der Waals surface area contributed by atoms with Gasteiger partial charge in [0.2, 0.25) is 0 Å². The number of nitrogens with zero attached hydrogens (tertiary/aromatic N) is 2. The first-order valence-corrected chi connectivity index (χ1v) is 8.00. The quantitative estimate of drug-likeness (QED) is 0.889. The summed E-state index contributed by atoms with van der Waals surface area (Å²) in [5.41, 5.74) is 0.892. The van der Waals surface area contributed by atoms with Crippen LogP contribution >= 0.6 is 24.0 Å². The molecule has 4 heterocycles. The number of aromatic nitrogens is 1. The van der Waals surface area contributed by atoms with Crippen LogP contribution in [0.15, 0.2) is 22.7 Å². The average Bonchev–Trinajstić information content (AvgIpc) is 2.85. The minimum Gasteiger partial charge on any atom is -0.362 e. The predicted octanol–water partition coefficient (Wildman–Crippen LogP) is 4.19. The van der Waals surface area contributed by atoms with E-state index in [1.165, 1.54) is 25.9 Å². The van der Waals surface area contributed by atoms with Crippen molar-refractivity contribution < 1.29 is 4.52 Å². The van der Waals surface area contributed by atoms with Crippen LogP contribution in [-0.2, 0) is 0 Å². The van der Waals surface area contributed by atoms with E-state index in [4.69, 9.17) is 16.1 Å². The van der Waals surface area contributed by atoms with Crippen LogP contribution in [0, 0.1) is 5.92 Å². The van der Waals surface area contributed by atoms with Crippen LogP contribution in [0.25, 0.3) is 11.0 Å². The summed E-state index contributed by atoms with van der Waals surface area (Å²) in [6.45, 7) is 7.08. The monoisotopic (exact) mass is 341 g/mol. The minimum absolute atomic E-state index is 0. The van der Waals surface area contributed by atoms with Crippen molar-refractivity contribution in [2.45, 2.75) is 38.3 Å². The van der Waals surface area contributed by atoms with Crippen molar-refractivity contribution in [3.05, 3.63) is 23.2 Å². The van der Waals surface area contributed by atoms with E-state index in [0.29, 0.717) is 17.0 Å². The Balaban J connectivity index is 0.00000144. The molecule has 3 aliphatic rings. The van der Waals surface area contributed by atoms with Crippen LogP contribution < -0.4 is 5.32 Å². The second-order valence-electron chi connectivity index (χ2n) is 6.77. The van der Waals surface area contributed by atoms with Gasteiger partial charge in [0.25, 0.3) is 0 Å².